The molecule has 30 heavy (non-hydrogen) atoms. The van der Waals surface area contributed by atoms with Gasteiger partial charge in [0.2, 0.25) is 0 Å². The molecular formula is C24H28N2O4. The highest BCUT2D eigenvalue weighted by atomic mass is 16.5. The molecule has 0 spiro atoms. The number of aryl methyl sites for hydroxylation is 2. The van der Waals surface area contributed by atoms with Crippen molar-refractivity contribution >= 4 is 17.4 Å². The van der Waals surface area contributed by atoms with Crippen molar-refractivity contribution in [1.82, 2.24) is 9.88 Å². The number of aromatic nitrogens is 1. The van der Waals surface area contributed by atoms with Crippen molar-refractivity contribution in [1.29, 1.82) is 0 Å². The summed E-state index contributed by atoms with van der Waals surface area (Å²) in [6.45, 7) is 8.54. The number of carbonyl (C=O) groups excluding carboxylic acids is 2. The minimum atomic E-state index is -0.667. The monoisotopic (exact) mass is 408 g/mol. The van der Waals surface area contributed by atoms with Crippen LogP contribution in [0.15, 0.2) is 48.3 Å². The van der Waals surface area contributed by atoms with Crippen LogP contribution in [0.4, 0.5) is 0 Å². The molecule has 0 radical (unpaired) electrons. The van der Waals surface area contributed by atoms with Gasteiger partial charge in [0.1, 0.15) is 5.76 Å². The number of aliphatic hydroxyl groups excluding tert-OH is 1. The van der Waals surface area contributed by atoms with Crippen LogP contribution in [0.1, 0.15) is 48.6 Å². The average molecular weight is 408 g/mol. The number of pyridine rings is 1. The van der Waals surface area contributed by atoms with Gasteiger partial charge in [-0.1, -0.05) is 17.7 Å². The van der Waals surface area contributed by atoms with Crippen LogP contribution >= 0.6 is 0 Å². The largest absolute Gasteiger partial charge is 0.507 e. The van der Waals surface area contributed by atoms with Crippen molar-refractivity contribution in [3.8, 4) is 0 Å². The van der Waals surface area contributed by atoms with Gasteiger partial charge in [-0.3, -0.25) is 14.6 Å². The van der Waals surface area contributed by atoms with E-state index in [1.807, 2.05) is 45.9 Å². The van der Waals surface area contributed by atoms with Crippen molar-refractivity contribution in [3.63, 3.8) is 0 Å². The van der Waals surface area contributed by atoms with Crippen molar-refractivity contribution in [2.75, 3.05) is 13.2 Å². The van der Waals surface area contributed by atoms with Crippen molar-refractivity contribution in [2.45, 2.75) is 46.3 Å². The topological polar surface area (TPSA) is 79.7 Å². The van der Waals surface area contributed by atoms with Gasteiger partial charge in [0.25, 0.3) is 11.7 Å². The quantitative estimate of drug-likeness (QED) is 0.325. The highest BCUT2D eigenvalue weighted by Crippen LogP contribution is 2.39. The number of ether oxygens (including phenoxy) is 1. The second-order valence-corrected chi connectivity index (χ2v) is 7.86. The summed E-state index contributed by atoms with van der Waals surface area (Å²) >= 11 is 0. The fourth-order valence-electron chi connectivity index (χ4n) is 3.69. The summed E-state index contributed by atoms with van der Waals surface area (Å²) in [5, 5.41) is 11.1. The van der Waals surface area contributed by atoms with Gasteiger partial charge < -0.3 is 14.7 Å². The second-order valence-electron chi connectivity index (χ2n) is 7.86. The number of likely N-dealkylation sites (tertiary alicyclic amines) is 1. The lowest BCUT2D eigenvalue weighted by molar-refractivity contribution is -0.140. The maximum Gasteiger partial charge on any atom is 0.295 e. The van der Waals surface area contributed by atoms with Gasteiger partial charge in [0.05, 0.1) is 17.7 Å². The summed E-state index contributed by atoms with van der Waals surface area (Å²) in [4.78, 5) is 31.5. The van der Waals surface area contributed by atoms with E-state index in [0.717, 1.165) is 16.7 Å². The predicted molar refractivity (Wildman–Crippen MR) is 115 cm³/mol. The zero-order valence-corrected chi connectivity index (χ0v) is 17.9. The smallest absolute Gasteiger partial charge is 0.295 e. The number of amides is 1. The van der Waals surface area contributed by atoms with E-state index < -0.39 is 17.7 Å². The molecule has 6 heteroatoms. The number of Topliss-reactive ketones (excluding diaryl/α,β-unsaturated/α-hetero) is 1. The standard InChI is InChI=1S/C24H28N2O4/c1-15(2)30-13-5-12-26-21(18-8-10-25-11-9-18)20(23(28)24(26)29)22(27)19-14-16(3)6-7-17(19)4/h6-11,14-15,21,27H,5,12-13H2,1-4H3/b22-20+. The first-order chi connectivity index (χ1) is 14.3. The molecule has 1 unspecified atom stereocenters. The molecule has 3 rings (SSSR count). The normalized spacial score (nSPS) is 18.4. The van der Waals surface area contributed by atoms with Crippen LogP contribution in [0.3, 0.4) is 0 Å². The molecule has 1 aliphatic rings. The van der Waals surface area contributed by atoms with E-state index in [4.69, 9.17) is 4.74 Å². The maximum atomic E-state index is 13.0. The van der Waals surface area contributed by atoms with Crippen LogP contribution in [0, 0.1) is 13.8 Å². The molecule has 1 fully saturated rings. The minimum Gasteiger partial charge on any atom is -0.507 e. The first kappa shape index (κ1) is 21.7. The van der Waals surface area contributed by atoms with Crippen LogP contribution in [-0.2, 0) is 14.3 Å². The molecule has 2 aromatic rings. The zero-order valence-electron chi connectivity index (χ0n) is 17.9. The Bertz CT molecular complexity index is 966. The summed E-state index contributed by atoms with van der Waals surface area (Å²) in [7, 11) is 0. The third kappa shape index (κ3) is 4.44. The second kappa shape index (κ2) is 9.22. The summed E-state index contributed by atoms with van der Waals surface area (Å²) in [5.41, 5.74) is 3.21. The first-order valence-electron chi connectivity index (χ1n) is 10.2. The van der Waals surface area contributed by atoms with Crippen LogP contribution < -0.4 is 0 Å². The van der Waals surface area contributed by atoms with Gasteiger partial charge in [-0.15, -0.1) is 0 Å². The summed E-state index contributed by atoms with van der Waals surface area (Å²) in [6.07, 6.45) is 3.93. The third-order valence-electron chi connectivity index (χ3n) is 5.20. The lowest BCUT2D eigenvalue weighted by Gasteiger charge is -2.25. The highest BCUT2D eigenvalue weighted by Gasteiger charge is 2.45. The van der Waals surface area contributed by atoms with Crippen LogP contribution in [0.5, 0.6) is 0 Å². The molecule has 1 atom stereocenters. The zero-order chi connectivity index (χ0) is 21.8. The highest BCUT2D eigenvalue weighted by molar-refractivity contribution is 6.46. The Hall–Kier alpha value is -2.99. The predicted octanol–water partition coefficient (Wildman–Crippen LogP) is 3.94. The molecule has 1 aliphatic heterocycles. The average Bonchev–Trinajstić information content (AvgIpc) is 2.97. The molecule has 1 N–H and O–H groups in total. The number of hydrogen-bond donors (Lipinski definition) is 1. The van der Waals surface area contributed by atoms with E-state index >= 15 is 0 Å². The van der Waals surface area contributed by atoms with Crippen LogP contribution in [-0.4, -0.2) is 45.9 Å². The van der Waals surface area contributed by atoms with E-state index in [9.17, 15) is 14.7 Å². The number of carbonyl (C=O) groups is 2. The Labute approximate surface area is 177 Å². The van der Waals surface area contributed by atoms with E-state index in [1.54, 1.807) is 24.5 Å². The molecule has 0 saturated carbocycles. The van der Waals surface area contributed by atoms with E-state index in [1.165, 1.54) is 4.90 Å². The third-order valence-corrected chi connectivity index (χ3v) is 5.20. The Balaban J connectivity index is 2.05. The Morgan fingerprint density at radius 3 is 2.53 bits per heavy atom. The van der Waals surface area contributed by atoms with Gasteiger partial charge in [-0.05, 0) is 63.4 Å². The van der Waals surface area contributed by atoms with Crippen molar-refractivity contribution in [3.05, 3.63) is 70.6 Å². The number of hydrogen-bond acceptors (Lipinski definition) is 5. The Morgan fingerprint density at radius 2 is 1.87 bits per heavy atom. The molecule has 1 saturated heterocycles. The van der Waals surface area contributed by atoms with Crippen LogP contribution in [0.2, 0.25) is 0 Å². The fraction of sp³-hybridized carbons (Fsp3) is 0.375. The molecule has 0 bridgehead atoms. The van der Waals surface area contributed by atoms with Gasteiger partial charge in [-0.2, -0.15) is 0 Å². The lowest BCUT2D eigenvalue weighted by Crippen LogP contribution is -2.31. The number of rotatable bonds is 7. The SMILES string of the molecule is Cc1ccc(C)c(/C(O)=C2\C(=O)C(=O)N(CCCOC(C)C)C2c2ccncc2)c1. The molecular weight excluding hydrogens is 380 g/mol. The maximum absolute atomic E-state index is 13.0. The van der Waals surface area contributed by atoms with Crippen molar-refractivity contribution in [2.24, 2.45) is 0 Å². The molecule has 158 valence electrons. The molecule has 6 nitrogen and oxygen atoms in total. The molecule has 2 heterocycles. The van der Waals surface area contributed by atoms with Crippen LogP contribution in [0.25, 0.3) is 5.76 Å². The summed E-state index contributed by atoms with van der Waals surface area (Å²) in [6, 6.07) is 8.55. The van der Waals surface area contributed by atoms with E-state index in [2.05, 4.69) is 4.98 Å². The van der Waals surface area contributed by atoms with Gasteiger partial charge in [-0.25, -0.2) is 0 Å². The molecule has 1 amide bonds. The fourth-order valence-corrected chi connectivity index (χ4v) is 3.69. The minimum absolute atomic E-state index is 0.0979. The Morgan fingerprint density at radius 1 is 1.17 bits per heavy atom. The number of benzene rings is 1. The number of ketones is 1. The number of nitrogens with zero attached hydrogens (tertiary/aromatic N) is 2. The Kier molecular flexibility index (Phi) is 6.67. The van der Waals surface area contributed by atoms with E-state index in [0.29, 0.717) is 25.1 Å². The van der Waals surface area contributed by atoms with E-state index in [-0.39, 0.29) is 17.4 Å². The molecule has 1 aromatic carbocycles. The van der Waals surface area contributed by atoms with Crippen molar-refractivity contribution < 1.29 is 19.4 Å². The summed E-state index contributed by atoms with van der Waals surface area (Å²) in [5.74, 6) is -1.41. The summed E-state index contributed by atoms with van der Waals surface area (Å²) < 4.78 is 5.58. The molecule has 0 aliphatic carbocycles. The first-order valence-corrected chi connectivity index (χ1v) is 10.2. The lowest BCUT2D eigenvalue weighted by atomic mass is 9.93. The van der Waals surface area contributed by atoms with Gasteiger partial charge in [0.15, 0.2) is 0 Å². The molecule has 1 aromatic heterocycles. The van der Waals surface area contributed by atoms with Gasteiger partial charge >= 0.3 is 0 Å². The van der Waals surface area contributed by atoms with Gasteiger partial charge in [0, 0.05) is 31.1 Å². The number of aliphatic hydroxyl groups is 1.